The highest BCUT2D eigenvalue weighted by Gasteiger charge is 2.28. The van der Waals surface area contributed by atoms with Gasteiger partial charge in [0.25, 0.3) is 0 Å². The van der Waals surface area contributed by atoms with Gasteiger partial charge < -0.3 is 10.6 Å². The zero-order valence-corrected chi connectivity index (χ0v) is 14.9. The largest absolute Gasteiger partial charge is 0.348 e. The van der Waals surface area contributed by atoms with E-state index in [9.17, 15) is 13.2 Å². The minimum atomic E-state index is -3.70. The quantitative estimate of drug-likeness (QED) is 0.802. The average molecular weight is 350 g/mol. The van der Waals surface area contributed by atoms with Gasteiger partial charge in [0.05, 0.1) is 0 Å². The number of carbonyl (C=O) groups excluding carboxylic acids is 1. The molecule has 2 unspecified atom stereocenters. The Hall–Kier alpha value is -1.15. The average Bonchev–Trinajstić information content (AvgIpc) is 2.43. The highest BCUT2D eigenvalue weighted by atomic mass is 35.5. The Labute approximate surface area is 138 Å². The molecule has 1 aromatic rings. The Morgan fingerprint density at radius 1 is 1.23 bits per heavy atom. The lowest BCUT2D eigenvalue weighted by Crippen LogP contribution is -2.42. The highest BCUT2D eigenvalue weighted by molar-refractivity contribution is 7.90. The van der Waals surface area contributed by atoms with Gasteiger partial charge in [-0.1, -0.05) is 24.3 Å². The van der Waals surface area contributed by atoms with E-state index < -0.39 is 21.2 Å². The van der Waals surface area contributed by atoms with Gasteiger partial charge in [-0.3, -0.25) is 4.79 Å². The summed E-state index contributed by atoms with van der Waals surface area (Å²) in [7, 11) is -0.637. The number of nitrogens with one attached hydrogen (secondary N) is 1. The standard InChI is InChI=1S/C14H23N3O3S.ClH/c1-10(15)13-7-5-12(6-8-13)9-16-21(19,20)11(2)14(18)17(3)4;/h5-8,10-11,16H,9,15H2,1-4H3;1H. The second kappa shape index (κ2) is 8.47. The van der Waals surface area contributed by atoms with Crippen LogP contribution in [-0.2, 0) is 21.4 Å². The molecule has 6 nitrogen and oxygen atoms in total. The molecule has 0 aliphatic carbocycles. The van der Waals surface area contributed by atoms with E-state index in [1.807, 2.05) is 31.2 Å². The summed E-state index contributed by atoms with van der Waals surface area (Å²) in [5, 5.41) is -1.11. The topological polar surface area (TPSA) is 92.5 Å². The molecule has 0 aliphatic heterocycles. The number of rotatable bonds is 6. The van der Waals surface area contributed by atoms with E-state index in [1.165, 1.54) is 25.9 Å². The zero-order valence-electron chi connectivity index (χ0n) is 13.2. The van der Waals surface area contributed by atoms with Crippen LogP contribution in [0.1, 0.15) is 31.0 Å². The first-order valence-electron chi connectivity index (χ1n) is 6.69. The summed E-state index contributed by atoms with van der Waals surface area (Å²) in [4.78, 5) is 13.0. The van der Waals surface area contributed by atoms with Gasteiger partial charge in [-0.15, -0.1) is 12.4 Å². The first-order chi connectivity index (χ1) is 9.65. The molecule has 3 N–H and O–H groups in total. The summed E-state index contributed by atoms with van der Waals surface area (Å²) in [6, 6.07) is 7.30. The minimum absolute atomic E-state index is 0. The van der Waals surface area contributed by atoms with Crippen molar-refractivity contribution in [2.75, 3.05) is 14.1 Å². The van der Waals surface area contributed by atoms with Crippen LogP contribution >= 0.6 is 12.4 Å². The number of nitrogens with two attached hydrogens (primary N) is 1. The Balaban J connectivity index is 0.00000441. The maximum atomic E-state index is 12.0. The summed E-state index contributed by atoms with van der Waals surface area (Å²) >= 11 is 0. The third-order valence-electron chi connectivity index (χ3n) is 3.24. The van der Waals surface area contributed by atoms with Crippen molar-refractivity contribution in [3.8, 4) is 0 Å². The van der Waals surface area contributed by atoms with Crippen molar-refractivity contribution >= 4 is 28.3 Å². The van der Waals surface area contributed by atoms with Crippen LogP contribution in [0.3, 0.4) is 0 Å². The maximum Gasteiger partial charge on any atom is 0.241 e. The van der Waals surface area contributed by atoms with Crippen molar-refractivity contribution in [3.05, 3.63) is 35.4 Å². The molecule has 2 atom stereocenters. The van der Waals surface area contributed by atoms with Crippen LogP contribution in [0.25, 0.3) is 0 Å². The first-order valence-corrected chi connectivity index (χ1v) is 8.24. The lowest BCUT2D eigenvalue weighted by Gasteiger charge is -2.17. The summed E-state index contributed by atoms with van der Waals surface area (Å²) < 4.78 is 26.5. The monoisotopic (exact) mass is 349 g/mol. The molecule has 0 aromatic heterocycles. The maximum absolute atomic E-state index is 12.0. The molecule has 126 valence electrons. The Morgan fingerprint density at radius 2 is 1.73 bits per heavy atom. The van der Waals surface area contributed by atoms with Crippen molar-refractivity contribution in [2.45, 2.75) is 31.7 Å². The minimum Gasteiger partial charge on any atom is -0.348 e. The molecule has 1 rings (SSSR count). The Morgan fingerprint density at radius 3 is 2.14 bits per heavy atom. The lowest BCUT2D eigenvalue weighted by atomic mass is 10.1. The first kappa shape index (κ1) is 20.9. The van der Waals surface area contributed by atoms with Crippen LogP contribution < -0.4 is 10.5 Å². The molecule has 1 amide bonds. The molecular formula is C14H24ClN3O3S. The Kier molecular flexibility index (Phi) is 8.03. The summed E-state index contributed by atoms with van der Waals surface area (Å²) in [5.74, 6) is -0.449. The van der Waals surface area contributed by atoms with Crippen LogP contribution in [-0.4, -0.2) is 38.6 Å². The van der Waals surface area contributed by atoms with Gasteiger partial charge in [-0.05, 0) is 25.0 Å². The fourth-order valence-electron chi connectivity index (χ4n) is 1.74. The van der Waals surface area contributed by atoms with Gasteiger partial charge in [0.2, 0.25) is 15.9 Å². The van der Waals surface area contributed by atoms with Crippen LogP contribution in [0.2, 0.25) is 0 Å². The van der Waals surface area contributed by atoms with Crippen molar-refractivity contribution in [1.82, 2.24) is 9.62 Å². The lowest BCUT2D eigenvalue weighted by molar-refractivity contribution is -0.127. The predicted octanol–water partition coefficient (Wildman–Crippen LogP) is 1.02. The number of benzene rings is 1. The molecule has 0 fully saturated rings. The molecule has 0 aliphatic rings. The smallest absolute Gasteiger partial charge is 0.241 e. The van der Waals surface area contributed by atoms with Crippen LogP contribution in [0.15, 0.2) is 24.3 Å². The van der Waals surface area contributed by atoms with Gasteiger partial charge in [0.1, 0.15) is 0 Å². The van der Waals surface area contributed by atoms with E-state index in [-0.39, 0.29) is 25.0 Å². The second-order valence-corrected chi connectivity index (χ2v) is 7.36. The molecule has 0 saturated heterocycles. The molecule has 0 saturated carbocycles. The SMILES string of the molecule is CC(N)c1ccc(CNS(=O)(=O)C(C)C(=O)N(C)C)cc1.Cl. The van der Waals surface area contributed by atoms with E-state index in [0.29, 0.717) is 0 Å². The van der Waals surface area contributed by atoms with Crippen LogP contribution in [0, 0.1) is 0 Å². The summed E-state index contributed by atoms with van der Waals surface area (Å²) in [6.07, 6.45) is 0. The third kappa shape index (κ3) is 5.57. The van der Waals surface area contributed by atoms with E-state index in [0.717, 1.165) is 11.1 Å². The van der Waals surface area contributed by atoms with Gasteiger partial charge in [0.15, 0.2) is 5.25 Å². The molecule has 8 heteroatoms. The molecule has 0 heterocycles. The number of amides is 1. The van der Waals surface area contributed by atoms with Crippen molar-refractivity contribution in [3.63, 3.8) is 0 Å². The fraction of sp³-hybridized carbons (Fsp3) is 0.500. The molecular weight excluding hydrogens is 326 g/mol. The van der Waals surface area contributed by atoms with Crippen LogP contribution in [0.5, 0.6) is 0 Å². The third-order valence-corrected chi connectivity index (χ3v) is 4.92. The number of hydrogen-bond donors (Lipinski definition) is 2. The molecule has 0 radical (unpaired) electrons. The fourth-order valence-corrected chi connectivity index (χ4v) is 2.84. The van der Waals surface area contributed by atoms with Gasteiger partial charge in [0, 0.05) is 26.7 Å². The molecule has 1 aromatic carbocycles. The normalized spacial score (nSPS) is 13.9. The predicted molar refractivity (Wildman–Crippen MR) is 90.2 cm³/mol. The van der Waals surface area contributed by atoms with E-state index in [2.05, 4.69) is 4.72 Å². The van der Waals surface area contributed by atoms with Crippen LogP contribution in [0.4, 0.5) is 0 Å². The number of nitrogens with zero attached hydrogens (tertiary/aromatic N) is 1. The van der Waals surface area contributed by atoms with Crippen molar-refractivity contribution in [2.24, 2.45) is 5.73 Å². The van der Waals surface area contributed by atoms with Crippen molar-refractivity contribution in [1.29, 1.82) is 0 Å². The van der Waals surface area contributed by atoms with Crippen molar-refractivity contribution < 1.29 is 13.2 Å². The number of carbonyl (C=O) groups is 1. The number of hydrogen-bond acceptors (Lipinski definition) is 4. The molecule has 0 bridgehead atoms. The van der Waals surface area contributed by atoms with Gasteiger partial charge >= 0.3 is 0 Å². The summed E-state index contributed by atoms with van der Waals surface area (Å²) in [5.41, 5.74) is 7.55. The van der Waals surface area contributed by atoms with E-state index >= 15 is 0 Å². The number of sulfonamides is 1. The molecule has 22 heavy (non-hydrogen) atoms. The number of halogens is 1. The van der Waals surface area contributed by atoms with Gasteiger partial charge in [-0.25, -0.2) is 13.1 Å². The highest BCUT2D eigenvalue weighted by Crippen LogP contribution is 2.11. The second-order valence-electron chi connectivity index (χ2n) is 5.27. The Bertz CT molecular complexity index is 586. The zero-order chi connectivity index (χ0) is 16.2. The van der Waals surface area contributed by atoms with Gasteiger partial charge in [-0.2, -0.15) is 0 Å². The van der Waals surface area contributed by atoms with E-state index in [1.54, 1.807) is 0 Å². The summed E-state index contributed by atoms with van der Waals surface area (Å²) in [6.45, 7) is 3.41. The van der Waals surface area contributed by atoms with E-state index in [4.69, 9.17) is 5.73 Å². The molecule has 0 spiro atoms.